The Hall–Kier alpha value is -2.53. The summed E-state index contributed by atoms with van der Waals surface area (Å²) in [7, 11) is 0. The van der Waals surface area contributed by atoms with Gasteiger partial charge in [0.1, 0.15) is 0 Å². The lowest BCUT2D eigenvalue weighted by Crippen LogP contribution is -2.48. The molecule has 2 aromatic rings. The van der Waals surface area contributed by atoms with Crippen LogP contribution in [-0.4, -0.2) is 48.4 Å². The molecule has 0 saturated carbocycles. The highest BCUT2D eigenvalue weighted by atomic mass is 19.2. The predicted octanol–water partition coefficient (Wildman–Crippen LogP) is 3.44. The molecular formula is C20H20F2N2O. The van der Waals surface area contributed by atoms with Crippen LogP contribution >= 0.6 is 0 Å². The molecule has 0 aliphatic carbocycles. The van der Waals surface area contributed by atoms with Crippen LogP contribution in [-0.2, 0) is 0 Å². The van der Waals surface area contributed by atoms with Crippen molar-refractivity contribution in [3.05, 3.63) is 77.4 Å². The molecule has 1 saturated heterocycles. The van der Waals surface area contributed by atoms with E-state index in [0.717, 1.165) is 37.3 Å². The van der Waals surface area contributed by atoms with Gasteiger partial charge in [-0.1, -0.05) is 42.5 Å². The third-order valence-electron chi connectivity index (χ3n) is 4.30. The minimum atomic E-state index is -0.990. The van der Waals surface area contributed by atoms with Gasteiger partial charge in [-0.3, -0.25) is 9.69 Å². The number of benzene rings is 2. The number of carbonyl (C=O) groups excluding carboxylic acids is 1. The first kappa shape index (κ1) is 17.3. The van der Waals surface area contributed by atoms with Crippen molar-refractivity contribution in [2.45, 2.75) is 0 Å². The topological polar surface area (TPSA) is 23.6 Å². The highest BCUT2D eigenvalue weighted by Crippen LogP contribution is 2.13. The Morgan fingerprint density at radius 3 is 2.36 bits per heavy atom. The van der Waals surface area contributed by atoms with Crippen molar-refractivity contribution in [3.63, 3.8) is 0 Å². The van der Waals surface area contributed by atoms with Gasteiger partial charge in [0.2, 0.25) is 0 Å². The van der Waals surface area contributed by atoms with E-state index in [-0.39, 0.29) is 11.5 Å². The molecule has 1 aliphatic rings. The number of hydrogen-bond donors (Lipinski definition) is 0. The van der Waals surface area contributed by atoms with Crippen LogP contribution < -0.4 is 0 Å². The largest absolute Gasteiger partial charge is 0.336 e. The van der Waals surface area contributed by atoms with E-state index in [0.29, 0.717) is 13.1 Å². The summed E-state index contributed by atoms with van der Waals surface area (Å²) in [5.41, 5.74) is 1.35. The third-order valence-corrected chi connectivity index (χ3v) is 4.30. The summed E-state index contributed by atoms with van der Waals surface area (Å²) in [4.78, 5) is 16.3. The van der Waals surface area contributed by atoms with Gasteiger partial charge in [0.05, 0.1) is 0 Å². The second kappa shape index (κ2) is 8.03. The van der Waals surface area contributed by atoms with Gasteiger partial charge in [0, 0.05) is 38.3 Å². The first-order valence-electron chi connectivity index (χ1n) is 8.32. The summed E-state index contributed by atoms with van der Waals surface area (Å²) in [6.45, 7) is 3.50. The van der Waals surface area contributed by atoms with E-state index in [9.17, 15) is 13.6 Å². The normalized spacial score (nSPS) is 15.7. The van der Waals surface area contributed by atoms with E-state index >= 15 is 0 Å². The molecule has 1 heterocycles. The summed E-state index contributed by atoms with van der Waals surface area (Å²) in [5.74, 6) is -2.18. The Morgan fingerprint density at radius 1 is 0.960 bits per heavy atom. The van der Waals surface area contributed by atoms with E-state index in [1.165, 1.54) is 6.07 Å². The lowest BCUT2D eigenvalue weighted by Gasteiger charge is -2.34. The maximum Gasteiger partial charge on any atom is 0.254 e. The molecule has 0 bridgehead atoms. The number of piperazine rings is 1. The van der Waals surface area contributed by atoms with Gasteiger partial charge in [0.15, 0.2) is 11.6 Å². The van der Waals surface area contributed by atoms with E-state index in [1.54, 1.807) is 4.90 Å². The smallest absolute Gasteiger partial charge is 0.254 e. The Morgan fingerprint density at radius 2 is 1.68 bits per heavy atom. The maximum absolute atomic E-state index is 13.3. The van der Waals surface area contributed by atoms with E-state index < -0.39 is 11.6 Å². The minimum Gasteiger partial charge on any atom is -0.336 e. The number of hydrogen-bond acceptors (Lipinski definition) is 2. The summed E-state index contributed by atoms with van der Waals surface area (Å²) in [6, 6.07) is 13.4. The SMILES string of the molecule is O=C(c1ccc(F)c(F)c1)N1CCN(CC=Cc2ccccc2)CC1. The average Bonchev–Trinajstić information content (AvgIpc) is 2.65. The zero-order valence-corrected chi connectivity index (χ0v) is 13.9. The first-order chi connectivity index (χ1) is 12.1. The molecule has 0 radical (unpaired) electrons. The Balaban J connectivity index is 1.50. The van der Waals surface area contributed by atoms with Gasteiger partial charge < -0.3 is 4.90 Å². The molecular weight excluding hydrogens is 322 g/mol. The molecule has 2 aromatic carbocycles. The van der Waals surface area contributed by atoms with Gasteiger partial charge in [-0.05, 0) is 23.8 Å². The van der Waals surface area contributed by atoms with Crippen molar-refractivity contribution in [2.24, 2.45) is 0 Å². The fraction of sp³-hybridized carbons (Fsp3) is 0.250. The van der Waals surface area contributed by atoms with Gasteiger partial charge in [-0.25, -0.2) is 8.78 Å². The molecule has 1 fully saturated rings. The van der Waals surface area contributed by atoms with Crippen molar-refractivity contribution < 1.29 is 13.6 Å². The van der Waals surface area contributed by atoms with Crippen LogP contribution in [0.2, 0.25) is 0 Å². The summed E-state index contributed by atoms with van der Waals surface area (Å²) >= 11 is 0. The van der Waals surface area contributed by atoms with Crippen LogP contribution in [0.1, 0.15) is 15.9 Å². The fourth-order valence-corrected chi connectivity index (χ4v) is 2.85. The van der Waals surface area contributed by atoms with Crippen molar-refractivity contribution in [3.8, 4) is 0 Å². The van der Waals surface area contributed by atoms with Gasteiger partial charge in [-0.2, -0.15) is 0 Å². The van der Waals surface area contributed by atoms with E-state index in [4.69, 9.17) is 0 Å². The fourth-order valence-electron chi connectivity index (χ4n) is 2.85. The standard InChI is InChI=1S/C20H20F2N2O/c21-18-9-8-17(15-19(18)22)20(25)24-13-11-23(12-14-24)10-4-7-16-5-2-1-3-6-16/h1-9,15H,10-14H2. The van der Waals surface area contributed by atoms with Crippen LogP contribution in [0.3, 0.4) is 0 Å². The number of rotatable bonds is 4. The van der Waals surface area contributed by atoms with Crippen molar-refractivity contribution >= 4 is 12.0 Å². The van der Waals surface area contributed by atoms with Gasteiger partial charge >= 0.3 is 0 Å². The highest BCUT2D eigenvalue weighted by molar-refractivity contribution is 5.94. The van der Waals surface area contributed by atoms with Crippen LogP contribution in [0.5, 0.6) is 0 Å². The molecule has 130 valence electrons. The molecule has 1 amide bonds. The first-order valence-corrected chi connectivity index (χ1v) is 8.32. The molecule has 0 N–H and O–H groups in total. The van der Waals surface area contributed by atoms with E-state index in [2.05, 4.69) is 29.2 Å². The second-order valence-corrected chi connectivity index (χ2v) is 6.03. The van der Waals surface area contributed by atoms with Crippen LogP contribution in [0.4, 0.5) is 8.78 Å². The second-order valence-electron chi connectivity index (χ2n) is 6.03. The quantitative estimate of drug-likeness (QED) is 0.850. The molecule has 3 nitrogen and oxygen atoms in total. The molecule has 5 heteroatoms. The van der Waals surface area contributed by atoms with Gasteiger partial charge in [-0.15, -0.1) is 0 Å². The Labute approximate surface area is 146 Å². The molecule has 0 aromatic heterocycles. The molecule has 1 aliphatic heterocycles. The molecule has 3 rings (SSSR count). The number of carbonyl (C=O) groups is 1. The van der Waals surface area contributed by atoms with E-state index in [1.807, 2.05) is 18.2 Å². The zero-order chi connectivity index (χ0) is 17.6. The average molecular weight is 342 g/mol. The van der Waals surface area contributed by atoms with Crippen molar-refractivity contribution in [1.29, 1.82) is 0 Å². The molecule has 0 atom stereocenters. The molecule has 0 unspecified atom stereocenters. The minimum absolute atomic E-state index is 0.191. The molecule has 0 spiro atoms. The van der Waals surface area contributed by atoms with Crippen LogP contribution in [0.15, 0.2) is 54.6 Å². The summed E-state index contributed by atoms with van der Waals surface area (Å²) in [5, 5.41) is 0. The van der Waals surface area contributed by atoms with Crippen LogP contribution in [0.25, 0.3) is 6.08 Å². The van der Waals surface area contributed by atoms with Crippen molar-refractivity contribution in [2.75, 3.05) is 32.7 Å². The maximum atomic E-state index is 13.3. The summed E-state index contributed by atoms with van der Waals surface area (Å²) in [6.07, 6.45) is 4.20. The highest BCUT2D eigenvalue weighted by Gasteiger charge is 2.22. The number of nitrogens with zero attached hydrogens (tertiary/aromatic N) is 2. The molecule has 25 heavy (non-hydrogen) atoms. The predicted molar refractivity (Wildman–Crippen MR) is 94.2 cm³/mol. The zero-order valence-electron chi connectivity index (χ0n) is 13.9. The lowest BCUT2D eigenvalue weighted by molar-refractivity contribution is 0.0649. The Kier molecular flexibility index (Phi) is 5.56. The number of halogens is 2. The lowest BCUT2D eigenvalue weighted by atomic mass is 10.1. The van der Waals surface area contributed by atoms with Gasteiger partial charge in [0.25, 0.3) is 5.91 Å². The number of amides is 1. The monoisotopic (exact) mass is 342 g/mol. The van der Waals surface area contributed by atoms with Crippen LogP contribution in [0, 0.1) is 11.6 Å². The third kappa shape index (κ3) is 4.51. The summed E-state index contributed by atoms with van der Waals surface area (Å²) < 4.78 is 26.3. The van der Waals surface area contributed by atoms with Crippen molar-refractivity contribution in [1.82, 2.24) is 9.80 Å². The Bertz CT molecular complexity index is 754.